The zero-order valence-electron chi connectivity index (χ0n) is 23.1. The van der Waals surface area contributed by atoms with E-state index in [2.05, 4.69) is 32.7 Å². The van der Waals surface area contributed by atoms with Gasteiger partial charge in [-0.25, -0.2) is 4.98 Å². The third-order valence-electron chi connectivity index (χ3n) is 7.00. The summed E-state index contributed by atoms with van der Waals surface area (Å²) in [6, 6.07) is 5.40. The molecule has 214 valence electrons. The van der Waals surface area contributed by atoms with E-state index < -0.39 is 0 Å². The summed E-state index contributed by atoms with van der Waals surface area (Å²) in [4.78, 5) is 13.2. The van der Waals surface area contributed by atoms with Crippen LogP contribution in [-0.2, 0) is 13.2 Å². The van der Waals surface area contributed by atoms with Crippen molar-refractivity contribution in [1.29, 1.82) is 5.41 Å². The predicted molar refractivity (Wildman–Crippen MR) is 166 cm³/mol. The highest BCUT2D eigenvalue weighted by Gasteiger charge is 2.48. The predicted octanol–water partition coefficient (Wildman–Crippen LogP) is 4.39. The molecule has 0 aliphatic carbocycles. The van der Waals surface area contributed by atoms with E-state index in [1.807, 2.05) is 20.2 Å². The molecule has 2 aromatic heterocycles. The normalized spacial score (nSPS) is 15.2. The van der Waals surface area contributed by atoms with Crippen molar-refractivity contribution in [2.45, 2.75) is 13.2 Å². The Labute approximate surface area is 250 Å². The van der Waals surface area contributed by atoms with Crippen molar-refractivity contribution in [2.75, 3.05) is 64.3 Å². The quantitative estimate of drug-likeness (QED) is 0.162. The van der Waals surface area contributed by atoms with Gasteiger partial charge in [0.25, 0.3) is 0 Å². The Bertz CT molecular complexity index is 1360. The van der Waals surface area contributed by atoms with Gasteiger partial charge in [0, 0.05) is 90.7 Å². The highest BCUT2D eigenvalue weighted by Crippen LogP contribution is 2.39. The van der Waals surface area contributed by atoms with Crippen LogP contribution in [0.2, 0.25) is 10.0 Å². The van der Waals surface area contributed by atoms with Crippen molar-refractivity contribution in [3.8, 4) is 11.5 Å². The lowest BCUT2D eigenvalue weighted by Gasteiger charge is -2.56. The Morgan fingerprint density at radius 2 is 1.80 bits per heavy atom. The van der Waals surface area contributed by atoms with Gasteiger partial charge in [-0.15, -0.1) is 0 Å². The van der Waals surface area contributed by atoms with E-state index in [4.69, 9.17) is 48.8 Å². The fourth-order valence-corrected chi connectivity index (χ4v) is 5.42. The van der Waals surface area contributed by atoms with Gasteiger partial charge in [0.15, 0.2) is 11.5 Å². The molecule has 3 aromatic rings. The molecule has 1 aromatic carbocycles. The zero-order valence-corrected chi connectivity index (χ0v) is 25.5. The van der Waals surface area contributed by atoms with Gasteiger partial charge >= 0.3 is 0 Å². The standard InChI is InChI=1S/C27H31Cl2N7O2.CH4S/c1-35(2)10-17-4-16(7-34-26(17)36-14-27(15-36)12-33-13-27)25(31)18-5-24(23(37-3)6-22(18)30)38-11-19-20(28)8-32-9-21(19)29;1-2/h4-9,31,33H,10-15,30H2,1-3H3;2H,1H3. The summed E-state index contributed by atoms with van der Waals surface area (Å²) in [6.07, 6.45) is 6.47. The molecule has 2 aliphatic rings. The first-order chi connectivity index (χ1) is 19.2. The van der Waals surface area contributed by atoms with Crippen molar-refractivity contribution >= 4 is 53.0 Å². The molecule has 2 fully saturated rings. The molecule has 40 heavy (non-hydrogen) atoms. The van der Waals surface area contributed by atoms with Crippen molar-refractivity contribution in [3.05, 3.63) is 69.1 Å². The molecule has 5 rings (SSSR count). The first kappa shape index (κ1) is 30.2. The summed E-state index contributed by atoms with van der Waals surface area (Å²) < 4.78 is 11.5. The lowest BCUT2D eigenvalue weighted by atomic mass is 9.74. The minimum atomic E-state index is 0.101. The molecule has 0 unspecified atom stereocenters. The average Bonchev–Trinajstić information content (AvgIpc) is 2.88. The number of thiol groups is 1. The number of anilines is 2. The van der Waals surface area contributed by atoms with Gasteiger partial charge in [-0.1, -0.05) is 23.2 Å². The first-order valence-electron chi connectivity index (χ1n) is 12.7. The van der Waals surface area contributed by atoms with E-state index in [1.54, 1.807) is 24.6 Å². The maximum absolute atomic E-state index is 9.02. The number of nitrogens with two attached hydrogens (primary N) is 1. The smallest absolute Gasteiger partial charge is 0.162 e. The summed E-state index contributed by atoms with van der Waals surface area (Å²) >= 11 is 16.0. The number of benzene rings is 1. The second-order valence-electron chi connectivity index (χ2n) is 10.2. The monoisotopic (exact) mass is 603 g/mol. The van der Waals surface area contributed by atoms with E-state index in [9.17, 15) is 0 Å². The lowest BCUT2D eigenvalue weighted by Crippen LogP contribution is -2.71. The average molecular weight is 605 g/mol. The number of rotatable bonds is 9. The van der Waals surface area contributed by atoms with Crippen LogP contribution < -0.4 is 25.4 Å². The van der Waals surface area contributed by atoms with E-state index in [-0.39, 0.29) is 12.3 Å². The maximum Gasteiger partial charge on any atom is 0.162 e. The molecule has 2 aliphatic heterocycles. The lowest BCUT2D eigenvalue weighted by molar-refractivity contribution is 0.120. The molecular formula is C28H35Cl2N7O2S. The zero-order chi connectivity index (χ0) is 29.0. The number of hydrogen-bond donors (Lipinski definition) is 4. The van der Waals surface area contributed by atoms with Gasteiger partial charge in [-0.2, -0.15) is 12.6 Å². The number of nitrogen functional groups attached to an aromatic ring is 1. The van der Waals surface area contributed by atoms with Crippen LogP contribution >= 0.6 is 35.8 Å². The van der Waals surface area contributed by atoms with Crippen LogP contribution in [0, 0.1) is 10.8 Å². The Kier molecular flexibility index (Phi) is 9.68. The number of nitrogens with one attached hydrogen (secondary N) is 2. The van der Waals surface area contributed by atoms with Crippen LogP contribution in [0.15, 0.2) is 36.8 Å². The molecule has 4 heterocycles. The number of aromatic nitrogens is 2. The van der Waals surface area contributed by atoms with Gasteiger partial charge < -0.3 is 30.3 Å². The number of ether oxygens (including phenoxy) is 2. The molecule has 9 nitrogen and oxygen atoms in total. The molecule has 0 radical (unpaired) electrons. The SMILES string of the molecule is COc1cc(N)c(C(=N)c2cnc(N3CC4(CNC4)C3)c(CN(C)C)c2)cc1OCc1c(Cl)cncc1Cl.CS. The molecule has 2 saturated heterocycles. The van der Waals surface area contributed by atoms with Crippen molar-refractivity contribution in [3.63, 3.8) is 0 Å². The van der Waals surface area contributed by atoms with Crippen LogP contribution in [0.25, 0.3) is 0 Å². The van der Waals surface area contributed by atoms with Crippen molar-refractivity contribution < 1.29 is 9.47 Å². The molecule has 0 atom stereocenters. The van der Waals surface area contributed by atoms with Gasteiger partial charge in [0.05, 0.1) is 22.9 Å². The van der Waals surface area contributed by atoms with E-state index in [0.29, 0.717) is 55.9 Å². The van der Waals surface area contributed by atoms with E-state index in [1.165, 1.54) is 19.5 Å². The summed E-state index contributed by atoms with van der Waals surface area (Å²) in [5, 5.41) is 13.2. The molecule has 12 heteroatoms. The largest absolute Gasteiger partial charge is 0.493 e. The molecule has 0 bridgehead atoms. The minimum Gasteiger partial charge on any atom is -0.493 e. The van der Waals surface area contributed by atoms with Crippen molar-refractivity contribution in [1.82, 2.24) is 20.2 Å². The summed E-state index contributed by atoms with van der Waals surface area (Å²) in [5.41, 5.74) is 10.3. The fourth-order valence-electron chi connectivity index (χ4n) is 4.94. The number of halogens is 2. The van der Waals surface area contributed by atoms with Crippen LogP contribution in [-0.4, -0.2) is 74.2 Å². The number of nitrogens with zero attached hydrogens (tertiary/aromatic N) is 4. The third-order valence-corrected chi connectivity index (χ3v) is 7.65. The van der Waals surface area contributed by atoms with E-state index in [0.717, 1.165) is 37.6 Å². The first-order valence-corrected chi connectivity index (χ1v) is 14.4. The Hall–Kier alpha value is -2.76. The van der Waals surface area contributed by atoms with Crippen LogP contribution in [0.3, 0.4) is 0 Å². The highest BCUT2D eigenvalue weighted by molar-refractivity contribution is 7.79. The van der Waals surface area contributed by atoms with Gasteiger partial charge in [-0.05, 0) is 32.5 Å². The van der Waals surface area contributed by atoms with Gasteiger partial charge in [0.2, 0.25) is 0 Å². The molecule has 0 saturated carbocycles. The van der Waals surface area contributed by atoms with Crippen LogP contribution in [0.1, 0.15) is 22.3 Å². The molecule has 1 spiro atoms. The Morgan fingerprint density at radius 3 is 2.38 bits per heavy atom. The number of hydrogen-bond acceptors (Lipinski definition) is 10. The number of pyridine rings is 2. The Balaban J connectivity index is 0.00000181. The molecule has 4 N–H and O–H groups in total. The van der Waals surface area contributed by atoms with Gasteiger partial charge in [-0.3, -0.25) is 10.4 Å². The Morgan fingerprint density at radius 1 is 1.12 bits per heavy atom. The molecule has 0 amide bonds. The van der Waals surface area contributed by atoms with Crippen LogP contribution in [0.4, 0.5) is 11.5 Å². The molecular weight excluding hydrogens is 569 g/mol. The second-order valence-corrected chi connectivity index (χ2v) is 11.1. The number of methoxy groups -OCH3 is 1. The minimum absolute atomic E-state index is 0.101. The summed E-state index contributed by atoms with van der Waals surface area (Å²) in [6.45, 7) is 4.95. The van der Waals surface area contributed by atoms with Crippen molar-refractivity contribution in [2.24, 2.45) is 5.41 Å². The van der Waals surface area contributed by atoms with Crippen LogP contribution in [0.5, 0.6) is 11.5 Å². The maximum atomic E-state index is 9.02. The van der Waals surface area contributed by atoms with E-state index >= 15 is 0 Å². The fraction of sp³-hybridized carbons (Fsp3) is 0.393. The summed E-state index contributed by atoms with van der Waals surface area (Å²) in [7, 11) is 5.60. The second kappa shape index (κ2) is 12.8. The third kappa shape index (κ3) is 6.26. The topological polar surface area (TPSA) is 113 Å². The van der Waals surface area contributed by atoms with Gasteiger partial charge in [0.1, 0.15) is 12.4 Å². The highest BCUT2D eigenvalue weighted by atomic mass is 35.5. The summed E-state index contributed by atoms with van der Waals surface area (Å²) in [5.74, 6) is 1.84.